The predicted octanol–water partition coefficient (Wildman–Crippen LogP) is 6.19. The predicted molar refractivity (Wildman–Crippen MR) is 87.1 cm³/mol. The van der Waals surface area contributed by atoms with Crippen molar-refractivity contribution in [2.45, 2.75) is 104 Å². The molecule has 0 radical (unpaired) electrons. The van der Waals surface area contributed by atoms with Crippen molar-refractivity contribution >= 4 is 5.97 Å². The second-order valence-corrected chi connectivity index (χ2v) is 6.38. The Morgan fingerprint density at radius 1 is 0.800 bits per heavy atom. The lowest BCUT2D eigenvalue weighted by molar-refractivity contribution is -0.138. The first kappa shape index (κ1) is 19.5. The normalized spacial score (nSPS) is 12.5. The summed E-state index contributed by atoms with van der Waals surface area (Å²) >= 11 is 0. The van der Waals surface area contributed by atoms with E-state index in [0.29, 0.717) is 12.3 Å². The average Bonchev–Trinajstić information content (AvgIpc) is 2.39. The van der Waals surface area contributed by atoms with Crippen molar-refractivity contribution in [3.63, 3.8) is 0 Å². The van der Waals surface area contributed by atoms with E-state index in [1.54, 1.807) is 0 Å². The topological polar surface area (TPSA) is 37.3 Å². The molecule has 0 heterocycles. The van der Waals surface area contributed by atoms with E-state index in [1.807, 2.05) is 6.92 Å². The Morgan fingerprint density at radius 2 is 1.20 bits per heavy atom. The van der Waals surface area contributed by atoms with Crippen LogP contribution in [0.1, 0.15) is 104 Å². The summed E-state index contributed by atoms with van der Waals surface area (Å²) in [6.45, 7) is 4.31. The summed E-state index contributed by atoms with van der Waals surface area (Å²) < 4.78 is 0. The van der Waals surface area contributed by atoms with E-state index in [2.05, 4.69) is 6.92 Å². The van der Waals surface area contributed by atoms with Crippen molar-refractivity contribution in [1.29, 1.82) is 0 Å². The van der Waals surface area contributed by atoms with Crippen LogP contribution >= 0.6 is 0 Å². The van der Waals surface area contributed by atoms with E-state index in [4.69, 9.17) is 5.11 Å². The van der Waals surface area contributed by atoms with Gasteiger partial charge < -0.3 is 5.11 Å². The molecule has 0 saturated heterocycles. The Balaban J connectivity index is 3.08. The second-order valence-electron chi connectivity index (χ2n) is 6.38. The maximum absolute atomic E-state index is 10.5. The highest BCUT2D eigenvalue weighted by atomic mass is 16.6. The molecule has 1 atom stereocenters. The lowest BCUT2D eigenvalue weighted by atomic mass is 10.0. The van der Waals surface area contributed by atoms with Crippen LogP contribution in [0.25, 0.3) is 0 Å². The zero-order chi connectivity index (χ0) is 15.1. The molecule has 0 bridgehead atoms. The molecule has 0 rings (SSSR count). The molecule has 0 aliphatic heterocycles. The molecule has 0 saturated carbocycles. The van der Waals surface area contributed by atoms with E-state index >= 15 is 0 Å². The Morgan fingerprint density at radius 3 is 1.60 bits per heavy atom. The average molecular weight is 286 g/mol. The first-order valence-corrected chi connectivity index (χ1v) is 8.88. The summed E-state index contributed by atoms with van der Waals surface area (Å²) in [6, 6.07) is 0. The molecule has 0 aromatic carbocycles. The standard InChI is InChI=1S/C18H36O2/c1-3-4-5-6-7-8-9-10-11-12-13-14-15-17(2)16-18(19)20/h17H,3-16H2,1-2H3,(H,19,20)/i18+2. The summed E-state index contributed by atoms with van der Waals surface area (Å²) in [5.41, 5.74) is 0. The minimum absolute atomic E-state index is 0.331. The quantitative estimate of drug-likeness (QED) is 0.364. The van der Waals surface area contributed by atoms with Gasteiger partial charge in [-0.1, -0.05) is 97.3 Å². The molecule has 20 heavy (non-hydrogen) atoms. The number of carboxylic acids is 1. The lowest BCUT2D eigenvalue weighted by Crippen LogP contribution is -2.03. The Labute approximate surface area is 126 Å². The summed E-state index contributed by atoms with van der Waals surface area (Å²) in [5.74, 6) is -0.313. The fourth-order valence-electron chi connectivity index (χ4n) is 2.73. The van der Waals surface area contributed by atoms with Gasteiger partial charge in [-0.15, -0.1) is 0 Å². The van der Waals surface area contributed by atoms with Crippen LogP contribution < -0.4 is 0 Å². The van der Waals surface area contributed by atoms with Crippen LogP contribution in [-0.4, -0.2) is 11.1 Å². The third-order valence-electron chi connectivity index (χ3n) is 4.07. The van der Waals surface area contributed by atoms with Crippen LogP contribution in [0.3, 0.4) is 0 Å². The molecule has 0 aliphatic rings. The van der Waals surface area contributed by atoms with Gasteiger partial charge in [0.15, 0.2) is 0 Å². The zero-order valence-corrected chi connectivity index (χ0v) is 13.8. The minimum atomic E-state index is -0.656. The number of aliphatic carboxylic acids is 1. The highest BCUT2D eigenvalue weighted by Gasteiger charge is 2.06. The van der Waals surface area contributed by atoms with Crippen molar-refractivity contribution in [3.8, 4) is 0 Å². The molecule has 1 unspecified atom stereocenters. The monoisotopic (exact) mass is 286 g/mol. The number of hydrogen-bond donors (Lipinski definition) is 1. The van der Waals surface area contributed by atoms with Gasteiger partial charge in [-0.25, -0.2) is 0 Å². The van der Waals surface area contributed by atoms with Gasteiger partial charge in [-0.3, -0.25) is 4.79 Å². The molecule has 0 aromatic heterocycles. The number of carbonyl (C=O) groups is 1. The van der Waals surface area contributed by atoms with Crippen LogP contribution in [-0.2, 0) is 4.79 Å². The molecular weight excluding hydrogens is 250 g/mol. The van der Waals surface area contributed by atoms with Crippen molar-refractivity contribution in [1.82, 2.24) is 0 Å². The van der Waals surface area contributed by atoms with Crippen molar-refractivity contribution in [2.75, 3.05) is 0 Å². The Hall–Kier alpha value is -0.530. The van der Waals surface area contributed by atoms with Gasteiger partial charge in [0.25, 0.3) is 0 Å². The van der Waals surface area contributed by atoms with Crippen LogP contribution in [0, 0.1) is 5.92 Å². The number of unbranched alkanes of at least 4 members (excludes halogenated alkanes) is 11. The molecule has 0 aromatic rings. The van der Waals surface area contributed by atoms with Gasteiger partial charge in [0.1, 0.15) is 0 Å². The van der Waals surface area contributed by atoms with Gasteiger partial charge in [0.2, 0.25) is 0 Å². The highest BCUT2D eigenvalue weighted by Crippen LogP contribution is 2.15. The maximum atomic E-state index is 10.5. The molecule has 2 heteroatoms. The van der Waals surface area contributed by atoms with E-state index < -0.39 is 5.97 Å². The van der Waals surface area contributed by atoms with Crippen LogP contribution in [0.5, 0.6) is 0 Å². The first-order valence-electron chi connectivity index (χ1n) is 8.88. The zero-order valence-electron chi connectivity index (χ0n) is 13.8. The fraction of sp³-hybridized carbons (Fsp3) is 0.944. The van der Waals surface area contributed by atoms with Crippen molar-refractivity contribution in [2.24, 2.45) is 5.92 Å². The van der Waals surface area contributed by atoms with E-state index in [0.717, 1.165) is 6.42 Å². The third kappa shape index (κ3) is 15.5. The van der Waals surface area contributed by atoms with Gasteiger partial charge in [0.05, 0.1) is 0 Å². The third-order valence-corrected chi connectivity index (χ3v) is 4.07. The first-order chi connectivity index (χ1) is 9.66. The molecule has 0 fully saturated rings. The lowest BCUT2D eigenvalue weighted by Gasteiger charge is -2.07. The molecule has 0 amide bonds. The van der Waals surface area contributed by atoms with Gasteiger partial charge in [-0.05, 0) is 5.92 Å². The largest absolute Gasteiger partial charge is 0.481 e. The molecule has 120 valence electrons. The fourth-order valence-corrected chi connectivity index (χ4v) is 2.73. The molecule has 1 N–H and O–H groups in total. The number of rotatable bonds is 15. The van der Waals surface area contributed by atoms with E-state index in [1.165, 1.54) is 77.0 Å². The summed E-state index contributed by atoms with van der Waals surface area (Å²) in [7, 11) is 0. The van der Waals surface area contributed by atoms with Gasteiger partial charge in [0, 0.05) is 6.42 Å². The summed E-state index contributed by atoms with van der Waals surface area (Å²) in [4.78, 5) is 10.5. The number of hydrogen-bond acceptors (Lipinski definition) is 1. The Bertz CT molecular complexity index is 213. The second kappa shape index (κ2) is 14.9. The minimum Gasteiger partial charge on any atom is -0.481 e. The Kier molecular flexibility index (Phi) is 14.5. The van der Waals surface area contributed by atoms with E-state index in [-0.39, 0.29) is 0 Å². The van der Waals surface area contributed by atoms with Crippen molar-refractivity contribution < 1.29 is 9.90 Å². The van der Waals surface area contributed by atoms with Crippen LogP contribution in [0.15, 0.2) is 0 Å². The van der Waals surface area contributed by atoms with Crippen LogP contribution in [0.4, 0.5) is 0 Å². The van der Waals surface area contributed by atoms with Crippen LogP contribution in [0.2, 0.25) is 0 Å². The summed E-state index contributed by atoms with van der Waals surface area (Å²) in [5, 5.41) is 8.68. The summed E-state index contributed by atoms with van der Waals surface area (Å²) in [6.07, 6.45) is 17.8. The van der Waals surface area contributed by atoms with Gasteiger partial charge in [-0.2, -0.15) is 0 Å². The SMILES string of the molecule is CCCCCCCCCCCCCCC(C)C[14C](=O)O. The maximum Gasteiger partial charge on any atom is 0.303 e. The molecule has 2 nitrogen and oxygen atoms in total. The van der Waals surface area contributed by atoms with Gasteiger partial charge >= 0.3 is 5.97 Å². The molecule has 0 aliphatic carbocycles. The van der Waals surface area contributed by atoms with E-state index in [9.17, 15) is 4.79 Å². The molecular formula is C18H36O2. The smallest absolute Gasteiger partial charge is 0.303 e. The highest BCUT2D eigenvalue weighted by molar-refractivity contribution is 5.66. The number of carboxylic acid groups (broad SMARTS) is 1. The molecule has 0 spiro atoms. The van der Waals surface area contributed by atoms with Crippen molar-refractivity contribution in [3.05, 3.63) is 0 Å².